The van der Waals surface area contributed by atoms with Crippen LogP contribution in [-0.4, -0.2) is 19.9 Å². The molecule has 1 aromatic carbocycles. The number of nitrogens with one attached hydrogen (secondary N) is 1. The first-order valence-corrected chi connectivity index (χ1v) is 6.20. The molecule has 0 unspecified atom stereocenters. The van der Waals surface area contributed by atoms with Gasteiger partial charge in [-0.05, 0) is 36.2 Å². The van der Waals surface area contributed by atoms with Gasteiger partial charge in [-0.1, -0.05) is 17.7 Å². The van der Waals surface area contributed by atoms with Crippen LogP contribution in [0.25, 0.3) is 11.2 Å². The number of benzene rings is 1. The zero-order chi connectivity index (χ0) is 13.4. The van der Waals surface area contributed by atoms with Crippen molar-refractivity contribution in [1.82, 2.24) is 19.9 Å². The summed E-state index contributed by atoms with van der Waals surface area (Å²) in [6.45, 7) is 1.92. The molecule has 2 aromatic heterocycles. The fourth-order valence-electron chi connectivity index (χ4n) is 1.64. The van der Waals surface area contributed by atoms with E-state index >= 15 is 0 Å². The number of aromatic nitrogens is 4. The first-order valence-electron chi connectivity index (χ1n) is 5.44. The van der Waals surface area contributed by atoms with E-state index in [1.165, 1.54) is 6.33 Å². The minimum absolute atomic E-state index is 0.0780. The van der Waals surface area contributed by atoms with Gasteiger partial charge in [0, 0.05) is 5.02 Å². The molecular weight excluding hydrogens is 287 g/mol. The van der Waals surface area contributed by atoms with Gasteiger partial charge >= 0.3 is 0 Å². The van der Waals surface area contributed by atoms with Crippen LogP contribution in [-0.2, 0) is 0 Å². The predicted molar refractivity (Wildman–Crippen MR) is 73.0 cm³/mol. The van der Waals surface area contributed by atoms with Crippen LogP contribution in [0.5, 0.6) is 11.6 Å². The lowest BCUT2D eigenvalue weighted by molar-refractivity contribution is 0.464. The lowest BCUT2D eigenvalue weighted by atomic mass is 10.2. The van der Waals surface area contributed by atoms with Crippen LogP contribution in [0.2, 0.25) is 10.3 Å². The lowest BCUT2D eigenvalue weighted by Crippen LogP contribution is -1.94. The largest absolute Gasteiger partial charge is 0.437 e. The van der Waals surface area contributed by atoms with E-state index in [-0.39, 0.29) is 5.28 Å². The van der Waals surface area contributed by atoms with Crippen molar-refractivity contribution in [2.24, 2.45) is 0 Å². The number of aryl methyl sites for hydroxylation is 1. The van der Waals surface area contributed by atoms with Gasteiger partial charge in [0.15, 0.2) is 5.65 Å². The third-order valence-electron chi connectivity index (χ3n) is 2.58. The van der Waals surface area contributed by atoms with Crippen LogP contribution in [0.15, 0.2) is 24.5 Å². The third kappa shape index (κ3) is 2.34. The maximum Gasteiger partial charge on any atom is 0.250 e. The summed E-state index contributed by atoms with van der Waals surface area (Å²) in [4.78, 5) is 15.0. The second-order valence-corrected chi connectivity index (χ2v) is 4.69. The molecule has 0 aliphatic rings. The van der Waals surface area contributed by atoms with Gasteiger partial charge in [-0.25, -0.2) is 4.98 Å². The van der Waals surface area contributed by atoms with Gasteiger partial charge in [0.2, 0.25) is 11.2 Å². The maximum atomic E-state index is 5.95. The minimum Gasteiger partial charge on any atom is -0.437 e. The van der Waals surface area contributed by atoms with Gasteiger partial charge in [0.05, 0.1) is 6.33 Å². The Labute approximate surface area is 118 Å². The monoisotopic (exact) mass is 294 g/mol. The first kappa shape index (κ1) is 12.2. The highest BCUT2D eigenvalue weighted by Crippen LogP contribution is 2.30. The molecule has 96 valence electrons. The van der Waals surface area contributed by atoms with Crippen LogP contribution in [0.4, 0.5) is 0 Å². The van der Waals surface area contributed by atoms with Crippen molar-refractivity contribution in [2.75, 3.05) is 0 Å². The van der Waals surface area contributed by atoms with Crippen molar-refractivity contribution in [3.63, 3.8) is 0 Å². The minimum atomic E-state index is 0.0780. The van der Waals surface area contributed by atoms with Gasteiger partial charge in [-0.15, -0.1) is 0 Å². The molecule has 0 saturated carbocycles. The molecule has 7 heteroatoms. The van der Waals surface area contributed by atoms with E-state index in [0.717, 1.165) is 5.56 Å². The maximum absolute atomic E-state index is 5.95. The Hall–Kier alpha value is -1.85. The van der Waals surface area contributed by atoms with E-state index in [1.54, 1.807) is 12.1 Å². The van der Waals surface area contributed by atoms with Crippen molar-refractivity contribution >= 4 is 34.4 Å². The molecule has 0 amide bonds. The quantitative estimate of drug-likeness (QED) is 0.731. The Kier molecular flexibility index (Phi) is 3.00. The second kappa shape index (κ2) is 4.68. The van der Waals surface area contributed by atoms with Crippen LogP contribution in [0, 0.1) is 6.92 Å². The summed E-state index contributed by atoms with van der Waals surface area (Å²) in [5, 5.41) is 0.663. The zero-order valence-electron chi connectivity index (χ0n) is 9.82. The van der Waals surface area contributed by atoms with E-state index in [1.807, 2.05) is 13.0 Å². The summed E-state index contributed by atoms with van der Waals surface area (Å²) in [5.74, 6) is 0.927. The highest BCUT2D eigenvalue weighted by Gasteiger charge is 2.12. The number of fused-ring (bicyclic) bond motifs is 1. The standard InChI is InChI=1S/C12H8Cl2N4O/c1-6-2-3-7(13)4-8(6)19-11-9-10(16-5-15-9)17-12(14)18-11/h2-5H,1H3,(H,15,16,17,18). The summed E-state index contributed by atoms with van der Waals surface area (Å²) in [7, 11) is 0. The summed E-state index contributed by atoms with van der Waals surface area (Å²) in [5.41, 5.74) is 1.98. The molecule has 0 atom stereocenters. The van der Waals surface area contributed by atoms with Crippen molar-refractivity contribution in [3.8, 4) is 11.6 Å². The topological polar surface area (TPSA) is 63.7 Å². The fourth-order valence-corrected chi connectivity index (χ4v) is 1.96. The number of imidazole rings is 1. The van der Waals surface area contributed by atoms with Crippen molar-refractivity contribution in [2.45, 2.75) is 6.92 Å². The predicted octanol–water partition coefficient (Wildman–Crippen LogP) is 3.76. The summed E-state index contributed by atoms with van der Waals surface area (Å²) >= 11 is 11.8. The van der Waals surface area contributed by atoms with Gasteiger partial charge in [-0.2, -0.15) is 9.97 Å². The Balaban J connectivity index is 2.10. The molecule has 2 heterocycles. The molecule has 0 fully saturated rings. The average molecular weight is 295 g/mol. The van der Waals surface area contributed by atoms with E-state index < -0.39 is 0 Å². The van der Waals surface area contributed by atoms with Crippen LogP contribution < -0.4 is 4.74 Å². The number of hydrogen-bond acceptors (Lipinski definition) is 4. The molecule has 0 aliphatic carbocycles. The summed E-state index contributed by atoms with van der Waals surface area (Å²) in [6, 6.07) is 5.38. The van der Waals surface area contributed by atoms with Crippen LogP contribution in [0.3, 0.4) is 0 Å². The summed E-state index contributed by atoms with van der Waals surface area (Å²) < 4.78 is 5.75. The second-order valence-electron chi connectivity index (χ2n) is 3.91. The fraction of sp³-hybridized carbons (Fsp3) is 0.0833. The molecule has 0 saturated heterocycles. The Bertz CT molecular complexity index is 757. The molecule has 1 N–H and O–H groups in total. The van der Waals surface area contributed by atoms with E-state index in [9.17, 15) is 0 Å². The molecule has 0 aliphatic heterocycles. The average Bonchev–Trinajstić information content (AvgIpc) is 2.82. The van der Waals surface area contributed by atoms with Gasteiger partial charge in [-0.3, -0.25) is 0 Å². The highest BCUT2D eigenvalue weighted by molar-refractivity contribution is 6.30. The number of aromatic amines is 1. The zero-order valence-corrected chi connectivity index (χ0v) is 11.3. The molecular formula is C12H8Cl2N4O. The van der Waals surface area contributed by atoms with E-state index in [2.05, 4.69) is 19.9 Å². The molecule has 3 rings (SSSR count). The van der Waals surface area contributed by atoms with E-state index in [0.29, 0.717) is 27.8 Å². The Morgan fingerprint density at radius 1 is 1.21 bits per heavy atom. The number of ether oxygens (including phenoxy) is 1. The third-order valence-corrected chi connectivity index (χ3v) is 2.99. The van der Waals surface area contributed by atoms with Crippen LogP contribution >= 0.6 is 23.2 Å². The smallest absolute Gasteiger partial charge is 0.250 e. The van der Waals surface area contributed by atoms with Gasteiger partial charge in [0.1, 0.15) is 11.3 Å². The Morgan fingerprint density at radius 3 is 2.89 bits per heavy atom. The Morgan fingerprint density at radius 2 is 2.05 bits per heavy atom. The number of rotatable bonds is 2. The van der Waals surface area contributed by atoms with E-state index in [4.69, 9.17) is 27.9 Å². The van der Waals surface area contributed by atoms with Crippen molar-refractivity contribution in [3.05, 3.63) is 40.4 Å². The molecule has 19 heavy (non-hydrogen) atoms. The SMILES string of the molecule is Cc1ccc(Cl)cc1Oc1nc(Cl)nc2nc[nH]c12. The number of H-pyrrole nitrogens is 1. The van der Waals surface area contributed by atoms with Crippen molar-refractivity contribution < 1.29 is 4.74 Å². The van der Waals surface area contributed by atoms with Crippen molar-refractivity contribution in [1.29, 1.82) is 0 Å². The molecule has 5 nitrogen and oxygen atoms in total. The highest BCUT2D eigenvalue weighted by atomic mass is 35.5. The van der Waals surface area contributed by atoms with Gasteiger partial charge < -0.3 is 9.72 Å². The molecule has 0 radical (unpaired) electrons. The number of halogens is 2. The molecule has 0 spiro atoms. The number of hydrogen-bond donors (Lipinski definition) is 1. The first-order chi connectivity index (χ1) is 9.13. The van der Waals surface area contributed by atoms with Gasteiger partial charge in [0.25, 0.3) is 0 Å². The molecule has 0 bridgehead atoms. The summed E-state index contributed by atoms with van der Waals surface area (Å²) in [6.07, 6.45) is 1.51. The molecule has 3 aromatic rings. The normalized spacial score (nSPS) is 10.9. The lowest BCUT2D eigenvalue weighted by Gasteiger charge is -2.08. The number of nitrogens with zero attached hydrogens (tertiary/aromatic N) is 3. The van der Waals surface area contributed by atoms with Crippen LogP contribution in [0.1, 0.15) is 5.56 Å².